The van der Waals surface area contributed by atoms with Gasteiger partial charge in [0.05, 0.1) is 11.1 Å². The minimum absolute atomic E-state index is 0.204. The Morgan fingerprint density at radius 1 is 1.21 bits per heavy atom. The maximum atomic E-state index is 14.5. The van der Waals surface area contributed by atoms with E-state index in [-0.39, 0.29) is 24.3 Å². The summed E-state index contributed by atoms with van der Waals surface area (Å²) in [4.78, 5) is 7.15. The van der Waals surface area contributed by atoms with E-state index >= 15 is 0 Å². The van der Waals surface area contributed by atoms with Gasteiger partial charge in [-0.1, -0.05) is 12.1 Å². The Labute approximate surface area is 192 Å². The molecule has 1 aliphatic rings. The van der Waals surface area contributed by atoms with Crippen molar-refractivity contribution in [3.8, 4) is 11.5 Å². The first kappa shape index (κ1) is 21.9. The van der Waals surface area contributed by atoms with E-state index in [1.54, 1.807) is 19.9 Å². The summed E-state index contributed by atoms with van der Waals surface area (Å²) >= 11 is 0. The molecule has 0 spiro atoms. The van der Waals surface area contributed by atoms with E-state index in [4.69, 9.17) is 10.7 Å². The standard InChI is InChI=1S/C25H29FN6O/c1-15(31-9-8-19(27)14-31)17-5-7-23-29-30-24(32(23)13-17)21-6-4-16-10-20(26)18(11-22(16)28-21)12-25(2,3)33/h4-7,10-11,13,15,19,33H,8-9,12,14,27H2,1-3H3/t15-,19+/m1/s1. The molecular formula is C25H29FN6O. The van der Waals surface area contributed by atoms with Gasteiger partial charge in [-0.3, -0.25) is 9.30 Å². The number of fused-ring (bicyclic) bond motifs is 2. The highest BCUT2D eigenvalue weighted by Gasteiger charge is 2.25. The van der Waals surface area contributed by atoms with Crippen LogP contribution < -0.4 is 5.73 Å². The highest BCUT2D eigenvalue weighted by Crippen LogP contribution is 2.28. The first-order chi connectivity index (χ1) is 15.7. The summed E-state index contributed by atoms with van der Waals surface area (Å²) in [5.74, 6) is 0.291. The Balaban J connectivity index is 1.54. The Hall–Kier alpha value is -2.94. The fourth-order valence-corrected chi connectivity index (χ4v) is 4.62. The predicted molar refractivity (Wildman–Crippen MR) is 126 cm³/mol. The van der Waals surface area contributed by atoms with Crippen LogP contribution in [0.2, 0.25) is 0 Å². The van der Waals surface area contributed by atoms with Gasteiger partial charge in [0, 0.05) is 43.2 Å². The van der Waals surface area contributed by atoms with Crippen molar-refractivity contribution >= 4 is 16.6 Å². The van der Waals surface area contributed by atoms with Crippen LogP contribution in [0.5, 0.6) is 0 Å². The summed E-state index contributed by atoms with van der Waals surface area (Å²) in [6.45, 7) is 7.40. The summed E-state index contributed by atoms with van der Waals surface area (Å²) in [7, 11) is 0. The fraction of sp³-hybridized carbons (Fsp3) is 0.400. The van der Waals surface area contributed by atoms with Gasteiger partial charge in [0.1, 0.15) is 11.5 Å². The summed E-state index contributed by atoms with van der Waals surface area (Å²) in [6, 6.07) is 11.4. The monoisotopic (exact) mass is 448 g/mol. The first-order valence-corrected chi connectivity index (χ1v) is 11.3. The number of hydrogen-bond donors (Lipinski definition) is 2. The molecule has 2 atom stereocenters. The molecule has 4 aromatic rings. The lowest BCUT2D eigenvalue weighted by atomic mass is 9.97. The van der Waals surface area contributed by atoms with Crippen LogP contribution in [0.4, 0.5) is 4.39 Å². The van der Waals surface area contributed by atoms with Gasteiger partial charge in [-0.25, -0.2) is 9.37 Å². The number of rotatable bonds is 5. The normalized spacial score (nSPS) is 18.4. The fourth-order valence-electron chi connectivity index (χ4n) is 4.62. The third-order valence-corrected chi connectivity index (χ3v) is 6.42. The zero-order chi connectivity index (χ0) is 23.3. The molecule has 3 N–H and O–H groups in total. The zero-order valence-electron chi connectivity index (χ0n) is 19.2. The number of hydrogen-bond acceptors (Lipinski definition) is 6. The Morgan fingerprint density at radius 2 is 2.03 bits per heavy atom. The third-order valence-electron chi connectivity index (χ3n) is 6.42. The second-order valence-electron chi connectivity index (χ2n) is 9.76. The SMILES string of the molecule is C[C@H](c1ccc2nnc(-c3ccc4cc(F)c(CC(C)(C)O)cc4n3)n2c1)N1CC[C@H](N)C1. The lowest BCUT2D eigenvalue weighted by Crippen LogP contribution is -2.28. The number of likely N-dealkylation sites (tertiary alicyclic amines) is 1. The van der Waals surface area contributed by atoms with E-state index in [0.29, 0.717) is 28.0 Å². The maximum absolute atomic E-state index is 14.5. The molecule has 8 heteroatoms. The number of nitrogens with two attached hydrogens (primary N) is 1. The predicted octanol–water partition coefficient (Wildman–Crippen LogP) is 3.49. The molecule has 7 nitrogen and oxygen atoms in total. The molecule has 0 radical (unpaired) electrons. The first-order valence-electron chi connectivity index (χ1n) is 11.3. The molecule has 4 heterocycles. The van der Waals surface area contributed by atoms with E-state index in [2.05, 4.69) is 34.3 Å². The minimum Gasteiger partial charge on any atom is -0.390 e. The average Bonchev–Trinajstić information content (AvgIpc) is 3.38. The number of pyridine rings is 2. The topological polar surface area (TPSA) is 92.6 Å². The van der Waals surface area contributed by atoms with E-state index < -0.39 is 5.60 Å². The van der Waals surface area contributed by atoms with Crippen molar-refractivity contribution in [3.63, 3.8) is 0 Å². The molecule has 3 aromatic heterocycles. The van der Waals surface area contributed by atoms with Gasteiger partial charge in [0.15, 0.2) is 11.5 Å². The Bertz CT molecular complexity index is 1330. The van der Waals surface area contributed by atoms with Crippen molar-refractivity contribution in [2.75, 3.05) is 13.1 Å². The third kappa shape index (κ3) is 4.34. The quantitative estimate of drug-likeness (QED) is 0.486. The average molecular weight is 449 g/mol. The van der Waals surface area contributed by atoms with Gasteiger partial charge < -0.3 is 10.8 Å². The van der Waals surface area contributed by atoms with Crippen LogP contribution in [0.25, 0.3) is 28.1 Å². The lowest BCUT2D eigenvalue weighted by molar-refractivity contribution is 0.0800. The van der Waals surface area contributed by atoms with E-state index in [1.807, 2.05) is 22.6 Å². The molecule has 0 saturated carbocycles. The smallest absolute Gasteiger partial charge is 0.187 e. The van der Waals surface area contributed by atoms with Crippen molar-refractivity contribution in [1.29, 1.82) is 0 Å². The van der Waals surface area contributed by atoms with Crippen LogP contribution in [-0.4, -0.2) is 54.3 Å². The zero-order valence-corrected chi connectivity index (χ0v) is 19.2. The number of nitrogens with zero attached hydrogens (tertiary/aromatic N) is 5. The molecule has 5 rings (SSSR count). The summed E-state index contributed by atoms with van der Waals surface area (Å²) in [6.07, 6.45) is 3.28. The number of benzene rings is 1. The molecule has 0 aliphatic carbocycles. The van der Waals surface area contributed by atoms with Crippen molar-refractivity contribution in [2.45, 2.75) is 51.3 Å². The van der Waals surface area contributed by atoms with Crippen LogP contribution >= 0.6 is 0 Å². The Kier molecular flexibility index (Phi) is 5.39. The second kappa shape index (κ2) is 8.13. The molecule has 1 aromatic carbocycles. The maximum Gasteiger partial charge on any atom is 0.187 e. The van der Waals surface area contributed by atoms with Gasteiger partial charge in [0.25, 0.3) is 0 Å². The molecule has 1 aliphatic heterocycles. The van der Waals surface area contributed by atoms with Crippen molar-refractivity contribution < 1.29 is 9.50 Å². The van der Waals surface area contributed by atoms with Crippen molar-refractivity contribution in [1.82, 2.24) is 24.5 Å². The van der Waals surface area contributed by atoms with Crippen LogP contribution in [0, 0.1) is 5.82 Å². The van der Waals surface area contributed by atoms with E-state index in [1.165, 1.54) is 6.07 Å². The molecule has 1 fully saturated rings. The highest BCUT2D eigenvalue weighted by atomic mass is 19.1. The molecule has 0 amide bonds. The summed E-state index contributed by atoms with van der Waals surface area (Å²) in [5.41, 5.74) is 8.73. The largest absolute Gasteiger partial charge is 0.390 e. The summed E-state index contributed by atoms with van der Waals surface area (Å²) < 4.78 is 16.5. The second-order valence-corrected chi connectivity index (χ2v) is 9.76. The van der Waals surface area contributed by atoms with Gasteiger partial charge >= 0.3 is 0 Å². The van der Waals surface area contributed by atoms with Gasteiger partial charge in [0.2, 0.25) is 0 Å². The van der Waals surface area contributed by atoms with Gasteiger partial charge in [-0.05, 0) is 62.6 Å². The summed E-state index contributed by atoms with van der Waals surface area (Å²) in [5, 5.41) is 19.5. The molecule has 0 unspecified atom stereocenters. The molecule has 0 bridgehead atoms. The van der Waals surface area contributed by atoms with Crippen LogP contribution in [0.15, 0.2) is 42.6 Å². The molecule has 172 valence electrons. The Morgan fingerprint density at radius 3 is 2.76 bits per heavy atom. The van der Waals surface area contributed by atoms with Crippen molar-refractivity contribution in [2.24, 2.45) is 5.73 Å². The molecule has 33 heavy (non-hydrogen) atoms. The van der Waals surface area contributed by atoms with Gasteiger partial charge in [-0.2, -0.15) is 0 Å². The molecular weight excluding hydrogens is 419 g/mol. The van der Waals surface area contributed by atoms with Gasteiger partial charge in [-0.15, -0.1) is 10.2 Å². The number of halogens is 1. The molecule has 1 saturated heterocycles. The van der Waals surface area contributed by atoms with E-state index in [0.717, 1.165) is 30.7 Å². The highest BCUT2D eigenvalue weighted by molar-refractivity contribution is 5.82. The van der Waals surface area contributed by atoms with E-state index in [9.17, 15) is 9.50 Å². The number of aliphatic hydroxyl groups is 1. The van der Waals surface area contributed by atoms with Crippen molar-refractivity contribution in [3.05, 3.63) is 59.5 Å². The van der Waals surface area contributed by atoms with Crippen LogP contribution in [-0.2, 0) is 6.42 Å². The number of aromatic nitrogens is 4. The lowest BCUT2D eigenvalue weighted by Gasteiger charge is -2.24. The minimum atomic E-state index is -1.01. The van der Waals surface area contributed by atoms with Crippen LogP contribution in [0.3, 0.4) is 0 Å². The van der Waals surface area contributed by atoms with Crippen LogP contribution in [0.1, 0.15) is 44.4 Å².